The first-order valence-corrected chi connectivity index (χ1v) is 9.15. The fraction of sp³-hybridized carbons (Fsp3) is 0.381. The van der Waals surface area contributed by atoms with E-state index >= 15 is 0 Å². The number of pyridine rings is 1. The maximum atomic E-state index is 12.3. The molecule has 1 heterocycles. The van der Waals surface area contributed by atoms with Crippen molar-refractivity contribution in [1.29, 1.82) is 0 Å². The normalized spacial score (nSPS) is 10.5. The van der Waals surface area contributed by atoms with E-state index in [0.29, 0.717) is 31.0 Å². The van der Waals surface area contributed by atoms with Gasteiger partial charge in [0.25, 0.3) is 11.8 Å². The molecule has 0 saturated carbocycles. The summed E-state index contributed by atoms with van der Waals surface area (Å²) in [5.41, 5.74) is 1.78. The van der Waals surface area contributed by atoms with Crippen LogP contribution < -0.4 is 15.4 Å². The molecule has 0 saturated heterocycles. The number of carbonyl (C=O) groups excluding carboxylic acids is 2. The Morgan fingerprint density at radius 3 is 2.41 bits per heavy atom. The van der Waals surface area contributed by atoms with Gasteiger partial charge in [-0.3, -0.25) is 14.6 Å². The molecule has 0 aliphatic rings. The second-order valence-corrected chi connectivity index (χ2v) is 6.72. The highest BCUT2D eigenvalue weighted by atomic mass is 16.5. The van der Waals surface area contributed by atoms with Crippen molar-refractivity contribution in [2.24, 2.45) is 5.92 Å². The summed E-state index contributed by atoms with van der Waals surface area (Å²) in [5, 5.41) is 5.70. The summed E-state index contributed by atoms with van der Waals surface area (Å²) >= 11 is 0. The molecule has 0 fully saturated rings. The van der Waals surface area contributed by atoms with Gasteiger partial charge in [-0.1, -0.05) is 26.0 Å². The lowest BCUT2D eigenvalue weighted by molar-refractivity contribution is 0.0947. The molecule has 2 N–H and O–H groups in total. The van der Waals surface area contributed by atoms with E-state index in [1.165, 1.54) is 12.3 Å². The number of aromatic nitrogens is 1. The zero-order valence-electron chi connectivity index (χ0n) is 16.1. The summed E-state index contributed by atoms with van der Waals surface area (Å²) in [5.74, 6) is 0.838. The molecule has 27 heavy (non-hydrogen) atoms. The molecule has 0 unspecified atom stereocenters. The molecule has 0 atom stereocenters. The third-order valence-electron chi connectivity index (χ3n) is 4.12. The van der Waals surface area contributed by atoms with Crippen LogP contribution in [-0.2, 0) is 6.42 Å². The zero-order valence-corrected chi connectivity index (χ0v) is 16.1. The highest BCUT2D eigenvalue weighted by Gasteiger charge is 2.11. The van der Waals surface area contributed by atoms with E-state index in [9.17, 15) is 9.59 Å². The maximum absolute atomic E-state index is 12.3. The molecular weight excluding hydrogens is 342 g/mol. The minimum absolute atomic E-state index is 0.220. The second kappa shape index (κ2) is 10.3. The molecule has 0 spiro atoms. The molecular formula is C21H27N3O3. The Morgan fingerprint density at radius 2 is 1.74 bits per heavy atom. The van der Waals surface area contributed by atoms with Crippen LogP contribution in [-0.4, -0.2) is 37.0 Å². The van der Waals surface area contributed by atoms with Gasteiger partial charge in [-0.05, 0) is 48.6 Å². The molecule has 144 valence electrons. The quantitative estimate of drug-likeness (QED) is 0.712. The Morgan fingerprint density at radius 1 is 1.04 bits per heavy atom. The number of rotatable bonds is 9. The lowest BCUT2D eigenvalue weighted by Gasteiger charge is -2.09. The summed E-state index contributed by atoms with van der Waals surface area (Å²) in [6.45, 7) is 5.29. The van der Waals surface area contributed by atoms with Gasteiger partial charge in [0.2, 0.25) is 0 Å². The standard InChI is InChI=1S/C21H27N3O3/c1-15(2)8-11-24-21(26)19-14-17(10-13-22-19)20(25)23-12-9-16-4-6-18(27-3)7-5-16/h4-7,10,13-15H,8-9,11-12H2,1-3H3,(H,23,25)(H,24,26). The van der Waals surface area contributed by atoms with E-state index in [4.69, 9.17) is 4.74 Å². The van der Waals surface area contributed by atoms with E-state index in [0.717, 1.165) is 17.7 Å². The van der Waals surface area contributed by atoms with Crippen molar-refractivity contribution in [2.75, 3.05) is 20.2 Å². The minimum atomic E-state index is -0.261. The topological polar surface area (TPSA) is 80.3 Å². The van der Waals surface area contributed by atoms with Gasteiger partial charge < -0.3 is 15.4 Å². The van der Waals surface area contributed by atoms with Gasteiger partial charge in [-0.15, -0.1) is 0 Å². The van der Waals surface area contributed by atoms with Crippen molar-refractivity contribution in [3.63, 3.8) is 0 Å². The first-order chi connectivity index (χ1) is 13.0. The Labute approximate surface area is 160 Å². The fourth-order valence-corrected chi connectivity index (χ4v) is 2.48. The number of benzene rings is 1. The molecule has 2 rings (SSSR count). The number of carbonyl (C=O) groups is 2. The molecule has 0 aliphatic heterocycles. The van der Waals surface area contributed by atoms with Crippen LogP contribution in [0.3, 0.4) is 0 Å². The van der Waals surface area contributed by atoms with Gasteiger partial charge >= 0.3 is 0 Å². The molecule has 2 amide bonds. The van der Waals surface area contributed by atoms with E-state index < -0.39 is 0 Å². The summed E-state index contributed by atoms with van der Waals surface area (Å²) in [6.07, 6.45) is 3.09. The van der Waals surface area contributed by atoms with Crippen molar-refractivity contribution in [1.82, 2.24) is 15.6 Å². The van der Waals surface area contributed by atoms with Gasteiger partial charge in [0.1, 0.15) is 11.4 Å². The number of hydrogen-bond donors (Lipinski definition) is 2. The van der Waals surface area contributed by atoms with Crippen molar-refractivity contribution in [3.8, 4) is 5.75 Å². The Kier molecular flexibility index (Phi) is 7.79. The predicted octanol–water partition coefficient (Wildman–Crippen LogP) is 2.84. The molecule has 0 radical (unpaired) electrons. The van der Waals surface area contributed by atoms with E-state index in [1.54, 1.807) is 13.2 Å². The van der Waals surface area contributed by atoms with E-state index in [2.05, 4.69) is 29.5 Å². The first kappa shape index (κ1) is 20.4. The zero-order chi connectivity index (χ0) is 19.6. The third kappa shape index (κ3) is 6.73. The number of nitrogens with one attached hydrogen (secondary N) is 2. The van der Waals surface area contributed by atoms with Crippen LogP contribution in [0, 0.1) is 5.92 Å². The number of ether oxygens (including phenoxy) is 1. The molecule has 0 bridgehead atoms. The average Bonchev–Trinajstić information content (AvgIpc) is 2.68. The summed E-state index contributed by atoms with van der Waals surface area (Å²) < 4.78 is 5.13. The van der Waals surface area contributed by atoms with Crippen LogP contribution in [0.25, 0.3) is 0 Å². The van der Waals surface area contributed by atoms with E-state index in [-0.39, 0.29) is 17.5 Å². The van der Waals surface area contributed by atoms with Crippen LogP contribution >= 0.6 is 0 Å². The monoisotopic (exact) mass is 369 g/mol. The van der Waals surface area contributed by atoms with Gasteiger partial charge in [-0.25, -0.2) is 0 Å². The first-order valence-electron chi connectivity index (χ1n) is 9.15. The van der Waals surface area contributed by atoms with Crippen LogP contribution in [0.4, 0.5) is 0 Å². The average molecular weight is 369 g/mol. The van der Waals surface area contributed by atoms with Crippen LogP contribution in [0.15, 0.2) is 42.6 Å². The van der Waals surface area contributed by atoms with Gasteiger partial charge in [0.05, 0.1) is 7.11 Å². The fourth-order valence-electron chi connectivity index (χ4n) is 2.48. The predicted molar refractivity (Wildman–Crippen MR) is 105 cm³/mol. The molecule has 1 aromatic carbocycles. The Balaban J connectivity index is 1.85. The summed E-state index contributed by atoms with van der Waals surface area (Å²) in [7, 11) is 1.63. The highest BCUT2D eigenvalue weighted by molar-refractivity contribution is 5.98. The Hall–Kier alpha value is -2.89. The van der Waals surface area contributed by atoms with Crippen molar-refractivity contribution in [2.45, 2.75) is 26.7 Å². The summed E-state index contributed by atoms with van der Waals surface area (Å²) in [4.78, 5) is 28.5. The largest absolute Gasteiger partial charge is 0.497 e. The van der Waals surface area contributed by atoms with Crippen LogP contribution in [0.1, 0.15) is 46.7 Å². The lowest BCUT2D eigenvalue weighted by atomic mass is 10.1. The summed E-state index contributed by atoms with van der Waals surface area (Å²) in [6, 6.07) is 10.9. The van der Waals surface area contributed by atoms with Crippen molar-refractivity contribution >= 4 is 11.8 Å². The number of hydrogen-bond acceptors (Lipinski definition) is 4. The minimum Gasteiger partial charge on any atom is -0.497 e. The SMILES string of the molecule is COc1ccc(CCNC(=O)c2ccnc(C(=O)NCCC(C)C)c2)cc1. The molecule has 6 heteroatoms. The smallest absolute Gasteiger partial charge is 0.269 e. The molecule has 0 aliphatic carbocycles. The number of nitrogens with zero attached hydrogens (tertiary/aromatic N) is 1. The number of amides is 2. The Bertz CT molecular complexity index is 758. The van der Waals surface area contributed by atoms with Crippen molar-refractivity contribution < 1.29 is 14.3 Å². The van der Waals surface area contributed by atoms with Crippen LogP contribution in [0.5, 0.6) is 5.75 Å². The van der Waals surface area contributed by atoms with Gasteiger partial charge in [0, 0.05) is 24.8 Å². The molecule has 6 nitrogen and oxygen atoms in total. The van der Waals surface area contributed by atoms with Crippen molar-refractivity contribution in [3.05, 3.63) is 59.4 Å². The van der Waals surface area contributed by atoms with Gasteiger partial charge in [0.15, 0.2) is 0 Å². The molecule has 2 aromatic rings. The number of methoxy groups -OCH3 is 1. The maximum Gasteiger partial charge on any atom is 0.269 e. The third-order valence-corrected chi connectivity index (χ3v) is 4.12. The highest BCUT2D eigenvalue weighted by Crippen LogP contribution is 2.11. The lowest BCUT2D eigenvalue weighted by Crippen LogP contribution is -2.28. The second-order valence-electron chi connectivity index (χ2n) is 6.72. The van der Waals surface area contributed by atoms with Gasteiger partial charge in [-0.2, -0.15) is 0 Å². The van der Waals surface area contributed by atoms with E-state index in [1.807, 2.05) is 24.3 Å². The molecule has 1 aromatic heterocycles. The van der Waals surface area contributed by atoms with Crippen LogP contribution in [0.2, 0.25) is 0 Å².